The van der Waals surface area contributed by atoms with Crippen LogP contribution in [-0.2, 0) is 4.79 Å². The molecule has 0 unspecified atom stereocenters. The second-order valence-electron chi connectivity index (χ2n) is 7.70. The minimum absolute atomic E-state index is 0.0434. The number of amides is 1. The molecule has 2 aliphatic heterocycles. The predicted octanol–water partition coefficient (Wildman–Crippen LogP) is 1.90. The molecule has 0 N–H and O–H groups in total. The monoisotopic (exact) mass is 373 g/mol. The molecule has 2 aliphatic rings. The average Bonchev–Trinajstić information content (AvgIpc) is 3.07. The van der Waals surface area contributed by atoms with Gasteiger partial charge in [0.15, 0.2) is 5.78 Å². The van der Waals surface area contributed by atoms with E-state index in [1.165, 1.54) is 19.4 Å². The van der Waals surface area contributed by atoms with E-state index in [9.17, 15) is 9.59 Å². The lowest BCUT2D eigenvalue weighted by atomic mass is 10.1. The summed E-state index contributed by atoms with van der Waals surface area (Å²) in [5.41, 5.74) is 0.666. The molecular weight excluding hydrogens is 342 g/mol. The van der Waals surface area contributed by atoms with E-state index in [-0.39, 0.29) is 18.2 Å². The van der Waals surface area contributed by atoms with Gasteiger partial charge in [0.1, 0.15) is 5.75 Å². The zero-order chi connectivity index (χ0) is 19.2. The number of piperazine rings is 1. The maximum atomic E-state index is 12.4. The normalized spacial score (nSPS) is 21.6. The zero-order valence-electron chi connectivity index (χ0n) is 16.5. The number of carbonyl (C=O) groups is 2. The molecule has 0 bridgehead atoms. The highest BCUT2D eigenvalue weighted by molar-refractivity contribution is 5.98. The van der Waals surface area contributed by atoms with Crippen LogP contribution in [0, 0.1) is 0 Å². The lowest BCUT2D eigenvalue weighted by Gasteiger charge is -2.31. The maximum absolute atomic E-state index is 12.4. The summed E-state index contributed by atoms with van der Waals surface area (Å²) in [4.78, 5) is 30.3. The lowest BCUT2D eigenvalue weighted by Crippen LogP contribution is -2.49. The molecule has 1 atom stereocenters. The van der Waals surface area contributed by atoms with E-state index in [1.54, 1.807) is 11.9 Å². The molecule has 6 nitrogen and oxygen atoms in total. The fourth-order valence-corrected chi connectivity index (χ4v) is 3.76. The molecular formula is C21H31N3O3. The Kier molecular flexibility index (Phi) is 6.85. The second-order valence-corrected chi connectivity index (χ2v) is 7.70. The highest BCUT2D eigenvalue weighted by Gasteiger charge is 2.23. The minimum atomic E-state index is 0.0434. The van der Waals surface area contributed by atoms with Crippen molar-refractivity contribution in [2.45, 2.75) is 32.2 Å². The Morgan fingerprint density at radius 3 is 2.63 bits per heavy atom. The Morgan fingerprint density at radius 2 is 1.96 bits per heavy atom. The van der Waals surface area contributed by atoms with Crippen LogP contribution in [0.5, 0.6) is 5.75 Å². The average molecular weight is 373 g/mol. The number of Topliss-reactive ketones (excluding diaryl/α,β-unsaturated/α-hetero) is 1. The summed E-state index contributed by atoms with van der Waals surface area (Å²) in [6, 6.07) is 8.06. The third kappa shape index (κ3) is 5.53. The number of likely N-dealkylation sites (N-methyl/N-ethyl adjacent to an activating group) is 1. The fraction of sp³-hybridized carbons (Fsp3) is 0.619. The summed E-state index contributed by atoms with van der Waals surface area (Å²) < 4.78 is 5.81. The van der Waals surface area contributed by atoms with Crippen molar-refractivity contribution in [3.05, 3.63) is 29.8 Å². The number of nitrogens with zero attached hydrogens (tertiary/aromatic N) is 3. The zero-order valence-corrected chi connectivity index (χ0v) is 16.5. The van der Waals surface area contributed by atoms with Crippen molar-refractivity contribution in [2.24, 2.45) is 0 Å². The number of ether oxygens (including phenoxy) is 1. The molecule has 0 aromatic heterocycles. The van der Waals surface area contributed by atoms with Gasteiger partial charge in [0.25, 0.3) is 0 Å². The van der Waals surface area contributed by atoms with E-state index in [0.717, 1.165) is 25.3 Å². The van der Waals surface area contributed by atoms with Crippen LogP contribution in [0.1, 0.15) is 36.5 Å². The van der Waals surface area contributed by atoms with Gasteiger partial charge >= 0.3 is 0 Å². The van der Waals surface area contributed by atoms with Crippen molar-refractivity contribution >= 4 is 11.7 Å². The van der Waals surface area contributed by atoms with Crippen molar-refractivity contribution in [2.75, 3.05) is 52.9 Å². The van der Waals surface area contributed by atoms with Crippen molar-refractivity contribution < 1.29 is 14.3 Å². The number of ketones is 1. The van der Waals surface area contributed by atoms with E-state index in [1.807, 2.05) is 29.2 Å². The Morgan fingerprint density at radius 1 is 1.19 bits per heavy atom. The fourth-order valence-electron chi connectivity index (χ4n) is 3.76. The SMILES string of the molecule is C[C@@H]1CCCN1CCCOc1ccc(C(=O)CN2CCN(C)C(=O)C2)cc1. The lowest BCUT2D eigenvalue weighted by molar-refractivity contribution is -0.134. The molecule has 6 heteroatoms. The molecule has 27 heavy (non-hydrogen) atoms. The second kappa shape index (κ2) is 9.33. The van der Waals surface area contributed by atoms with Gasteiger partial charge in [-0.2, -0.15) is 0 Å². The number of carbonyl (C=O) groups excluding carboxylic acids is 2. The Bertz CT molecular complexity index is 647. The maximum Gasteiger partial charge on any atom is 0.236 e. The minimum Gasteiger partial charge on any atom is -0.494 e. The first-order valence-electron chi connectivity index (χ1n) is 9.99. The first kappa shape index (κ1) is 19.8. The number of likely N-dealkylation sites (tertiary alicyclic amines) is 1. The van der Waals surface area contributed by atoms with Crippen molar-refractivity contribution in [3.8, 4) is 5.75 Å². The summed E-state index contributed by atoms with van der Waals surface area (Å²) in [6.45, 7) is 7.30. The van der Waals surface area contributed by atoms with E-state index in [0.29, 0.717) is 31.3 Å². The molecule has 0 aliphatic carbocycles. The number of hydrogen-bond donors (Lipinski definition) is 0. The highest BCUT2D eigenvalue weighted by Crippen LogP contribution is 2.17. The molecule has 1 amide bonds. The van der Waals surface area contributed by atoms with Crippen LogP contribution in [0.2, 0.25) is 0 Å². The summed E-state index contributed by atoms with van der Waals surface area (Å²) in [6.07, 6.45) is 3.63. The molecule has 2 saturated heterocycles. The topological polar surface area (TPSA) is 53.1 Å². The molecule has 0 saturated carbocycles. The Balaban J connectivity index is 1.40. The molecule has 148 valence electrons. The largest absolute Gasteiger partial charge is 0.494 e. The van der Waals surface area contributed by atoms with Gasteiger partial charge in [-0.25, -0.2) is 0 Å². The number of rotatable bonds is 8. The molecule has 2 heterocycles. The van der Waals surface area contributed by atoms with Gasteiger partial charge in [-0.05, 0) is 57.0 Å². The van der Waals surface area contributed by atoms with Gasteiger partial charge in [-0.15, -0.1) is 0 Å². The molecule has 0 radical (unpaired) electrons. The van der Waals surface area contributed by atoms with Crippen LogP contribution >= 0.6 is 0 Å². The summed E-state index contributed by atoms with van der Waals surface area (Å²) in [5.74, 6) is 0.916. The molecule has 2 fully saturated rings. The van der Waals surface area contributed by atoms with Crippen molar-refractivity contribution in [1.82, 2.24) is 14.7 Å². The summed E-state index contributed by atoms with van der Waals surface area (Å²) in [7, 11) is 1.80. The highest BCUT2D eigenvalue weighted by atomic mass is 16.5. The third-order valence-electron chi connectivity index (χ3n) is 5.63. The smallest absolute Gasteiger partial charge is 0.236 e. The first-order valence-corrected chi connectivity index (χ1v) is 9.99. The number of hydrogen-bond acceptors (Lipinski definition) is 5. The first-order chi connectivity index (χ1) is 13.0. The van der Waals surface area contributed by atoms with Gasteiger partial charge in [0.2, 0.25) is 5.91 Å². The van der Waals surface area contributed by atoms with Crippen molar-refractivity contribution in [1.29, 1.82) is 0 Å². The standard InChI is InChI=1S/C21H31N3O3/c1-17-5-3-10-24(17)11-4-14-27-19-8-6-18(7-9-19)20(25)15-23-13-12-22(2)21(26)16-23/h6-9,17H,3-5,10-16H2,1-2H3/t17-/m1/s1. The third-order valence-corrected chi connectivity index (χ3v) is 5.63. The van der Waals surface area contributed by atoms with Crippen LogP contribution in [-0.4, -0.2) is 85.4 Å². The molecule has 0 spiro atoms. The van der Waals surface area contributed by atoms with Gasteiger partial charge in [-0.1, -0.05) is 0 Å². The van der Waals surface area contributed by atoms with Crippen LogP contribution in [0.3, 0.4) is 0 Å². The molecule has 1 aromatic rings. The van der Waals surface area contributed by atoms with Crippen LogP contribution in [0.4, 0.5) is 0 Å². The summed E-state index contributed by atoms with van der Waals surface area (Å²) >= 11 is 0. The van der Waals surface area contributed by atoms with Gasteiger partial charge < -0.3 is 14.5 Å². The van der Waals surface area contributed by atoms with Crippen LogP contribution < -0.4 is 4.74 Å². The van der Waals surface area contributed by atoms with Crippen LogP contribution in [0.15, 0.2) is 24.3 Å². The van der Waals surface area contributed by atoms with Crippen molar-refractivity contribution in [3.63, 3.8) is 0 Å². The van der Waals surface area contributed by atoms with E-state index < -0.39 is 0 Å². The van der Waals surface area contributed by atoms with Crippen LogP contribution in [0.25, 0.3) is 0 Å². The predicted molar refractivity (Wildman–Crippen MR) is 105 cm³/mol. The quantitative estimate of drug-likeness (QED) is 0.515. The van der Waals surface area contributed by atoms with E-state index in [2.05, 4.69) is 11.8 Å². The Hall–Kier alpha value is -1.92. The van der Waals surface area contributed by atoms with Gasteiger partial charge in [0.05, 0.1) is 19.7 Å². The Labute approximate surface area is 162 Å². The van der Waals surface area contributed by atoms with E-state index in [4.69, 9.17) is 4.74 Å². The molecule has 3 rings (SSSR count). The number of benzene rings is 1. The molecule has 1 aromatic carbocycles. The van der Waals surface area contributed by atoms with Gasteiger partial charge in [0, 0.05) is 38.3 Å². The van der Waals surface area contributed by atoms with Gasteiger partial charge in [-0.3, -0.25) is 14.5 Å². The summed E-state index contributed by atoms with van der Waals surface area (Å²) in [5, 5.41) is 0. The van der Waals surface area contributed by atoms with E-state index >= 15 is 0 Å².